The number of morpholine rings is 1. The Balaban J connectivity index is 1.51. The van der Waals surface area contributed by atoms with Crippen LogP contribution in [0.5, 0.6) is 0 Å². The highest BCUT2D eigenvalue weighted by atomic mass is 32.2. The van der Waals surface area contributed by atoms with Crippen molar-refractivity contribution >= 4 is 23.4 Å². The smallest absolute Gasteiger partial charge is 0.284 e. The molecule has 1 N–H and O–H groups in total. The average Bonchev–Trinajstić information content (AvgIpc) is 3.25. The molecule has 0 bridgehead atoms. The third-order valence-corrected chi connectivity index (χ3v) is 6.49. The van der Waals surface area contributed by atoms with Crippen molar-refractivity contribution in [3.05, 3.63) is 69.5 Å². The maximum absolute atomic E-state index is 13.4. The van der Waals surface area contributed by atoms with Gasteiger partial charge in [-0.05, 0) is 52.0 Å². The van der Waals surface area contributed by atoms with Gasteiger partial charge in [0.25, 0.3) is 11.6 Å². The molecule has 2 heterocycles. The zero-order valence-corrected chi connectivity index (χ0v) is 19.1. The lowest BCUT2D eigenvalue weighted by atomic mass is 10.0. The topological polar surface area (TPSA) is 128 Å². The van der Waals surface area contributed by atoms with Crippen LogP contribution >= 0.6 is 11.8 Å². The van der Waals surface area contributed by atoms with Gasteiger partial charge in [-0.1, -0.05) is 12.1 Å². The lowest BCUT2D eigenvalue weighted by molar-refractivity contribution is -0.387. The van der Waals surface area contributed by atoms with Gasteiger partial charge in [0.1, 0.15) is 5.82 Å². The van der Waals surface area contributed by atoms with Gasteiger partial charge in [-0.2, -0.15) is 0 Å². The first-order valence-corrected chi connectivity index (χ1v) is 11.3. The number of tetrazole rings is 1. The second-order valence-corrected chi connectivity index (χ2v) is 8.56. The first-order chi connectivity index (χ1) is 16.4. The monoisotopic (exact) mass is 487 g/mol. The molecule has 1 saturated heterocycles. The molecule has 4 rings (SSSR count). The summed E-state index contributed by atoms with van der Waals surface area (Å²) >= 11 is 1.04. The van der Waals surface area contributed by atoms with Crippen LogP contribution in [0.4, 0.5) is 10.1 Å². The van der Waals surface area contributed by atoms with Gasteiger partial charge in [0.05, 0.1) is 29.1 Å². The molecule has 1 atom stereocenters. The Morgan fingerprint density at radius 2 is 2.00 bits per heavy atom. The number of halogens is 1. The van der Waals surface area contributed by atoms with Crippen molar-refractivity contribution in [3.63, 3.8) is 0 Å². The summed E-state index contributed by atoms with van der Waals surface area (Å²) in [5, 5.41) is 26.0. The molecule has 0 aliphatic carbocycles. The minimum absolute atomic E-state index is 0.159. The van der Waals surface area contributed by atoms with Gasteiger partial charge in [-0.15, -0.1) is 5.10 Å². The van der Waals surface area contributed by atoms with Gasteiger partial charge in [-0.25, -0.2) is 9.07 Å². The number of benzene rings is 2. The molecule has 13 heteroatoms. The molecule has 1 amide bonds. The lowest BCUT2D eigenvalue weighted by Gasteiger charge is -2.35. The molecule has 178 valence electrons. The number of nitro benzene ring substituents is 1. The summed E-state index contributed by atoms with van der Waals surface area (Å²) < 4.78 is 20.3. The van der Waals surface area contributed by atoms with E-state index in [-0.39, 0.29) is 29.7 Å². The standard InChI is InChI=1S/C21H22FN7O4S/c1-27-21(24-25-26-27)34-19-7-4-15(12-17(19)29(31)32)20(30)23-13-18(28-8-10-33-11-9-28)14-2-5-16(22)6-3-14/h2-7,12,18H,8-11,13H2,1H3,(H,23,30)/t18-/m0/s1. The van der Waals surface area contributed by atoms with Crippen LogP contribution in [-0.2, 0) is 11.8 Å². The van der Waals surface area contributed by atoms with E-state index in [4.69, 9.17) is 4.74 Å². The zero-order valence-electron chi connectivity index (χ0n) is 18.3. The number of nitrogens with one attached hydrogen (secondary N) is 1. The number of carbonyl (C=O) groups is 1. The Bertz CT molecular complexity index is 1170. The SMILES string of the molecule is Cn1nnnc1Sc1ccc(C(=O)NC[C@@H](c2ccc(F)cc2)N2CCOCC2)cc1[N+](=O)[O-]. The highest BCUT2D eigenvalue weighted by Crippen LogP contribution is 2.34. The summed E-state index contributed by atoms with van der Waals surface area (Å²) in [4.78, 5) is 26.5. The van der Waals surface area contributed by atoms with Crippen molar-refractivity contribution in [2.75, 3.05) is 32.8 Å². The number of carbonyl (C=O) groups excluding carboxylic acids is 1. The van der Waals surface area contributed by atoms with E-state index in [0.717, 1.165) is 17.3 Å². The van der Waals surface area contributed by atoms with Crippen LogP contribution < -0.4 is 5.32 Å². The van der Waals surface area contributed by atoms with E-state index in [1.54, 1.807) is 19.2 Å². The Morgan fingerprint density at radius 3 is 2.65 bits per heavy atom. The van der Waals surface area contributed by atoms with Crippen LogP contribution in [0.3, 0.4) is 0 Å². The van der Waals surface area contributed by atoms with E-state index in [2.05, 4.69) is 25.7 Å². The first-order valence-electron chi connectivity index (χ1n) is 10.5. The summed E-state index contributed by atoms with van der Waals surface area (Å²) in [6.45, 7) is 2.73. The van der Waals surface area contributed by atoms with Crippen LogP contribution in [0.15, 0.2) is 52.5 Å². The third kappa shape index (κ3) is 5.55. The number of ether oxygens (including phenoxy) is 1. The van der Waals surface area contributed by atoms with Gasteiger partial charge in [0.15, 0.2) is 0 Å². The highest BCUT2D eigenvalue weighted by Gasteiger charge is 2.25. The predicted octanol–water partition coefficient (Wildman–Crippen LogP) is 2.21. The Labute approximate surface area is 198 Å². The summed E-state index contributed by atoms with van der Waals surface area (Å²) in [7, 11) is 1.63. The Morgan fingerprint density at radius 1 is 1.26 bits per heavy atom. The summed E-state index contributed by atoms with van der Waals surface area (Å²) in [5.74, 6) is -0.781. The molecule has 2 aromatic carbocycles. The summed E-state index contributed by atoms with van der Waals surface area (Å²) in [5.41, 5.74) is 0.800. The maximum Gasteiger partial charge on any atom is 0.284 e. The van der Waals surface area contributed by atoms with Crippen LogP contribution in [0, 0.1) is 15.9 Å². The van der Waals surface area contributed by atoms with Gasteiger partial charge in [0, 0.05) is 38.3 Å². The normalized spacial score (nSPS) is 15.1. The van der Waals surface area contributed by atoms with E-state index in [0.29, 0.717) is 36.4 Å². The molecule has 0 saturated carbocycles. The van der Waals surface area contributed by atoms with Crippen LogP contribution in [0.25, 0.3) is 0 Å². The van der Waals surface area contributed by atoms with Crippen molar-refractivity contribution < 1.29 is 18.8 Å². The van der Waals surface area contributed by atoms with Gasteiger partial charge in [0.2, 0.25) is 5.16 Å². The van der Waals surface area contributed by atoms with Crippen molar-refractivity contribution in [1.82, 2.24) is 30.4 Å². The fourth-order valence-corrected chi connectivity index (χ4v) is 4.43. The fraction of sp³-hybridized carbons (Fsp3) is 0.333. The second-order valence-electron chi connectivity index (χ2n) is 7.55. The van der Waals surface area contributed by atoms with E-state index >= 15 is 0 Å². The molecule has 1 aliphatic rings. The number of amides is 1. The number of hydrogen-bond acceptors (Lipinski definition) is 9. The first kappa shape index (κ1) is 23.7. The molecular formula is C21H22FN7O4S. The van der Waals surface area contributed by atoms with Gasteiger partial charge in [-0.3, -0.25) is 19.8 Å². The molecule has 34 heavy (non-hydrogen) atoms. The van der Waals surface area contributed by atoms with Crippen LogP contribution in [0.1, 0.15) is 22.0 Å². The number of hydrogen-bond donors (Lipinski definition) is 1. The number of rotatable bonds is 8. The minimum Gasteiger partial charge on any atom is -0.379 e. The van der Waals surface area contributed by atoms with Crippen LogP contribution in [0.2, 0.25) is 0 Å². The minimum atomic E-state index is -0.544. The van der Waals surface area contributed by atoms with Crippen molar-refractivity contribution in [2.45, 2.75) is 16.1 Å². The molecular weight excluding hydrogens is 465 g/mol. The molecule has 0 spiro atoms. The molecule has 0 radical (unpaired) electrons. The zero-order chi connectivity index (χ0) is 24.1. The number of aromatic nitrogens is 4. The third-order valence-electron chi connectivity index (χ3n) is 5.40. The summed E-state index contributed by atoms with van der Waals surface area (Å²) in [6.07, 6.45) is 0. The molecule has 1 aliphatic heterocycles. The number of nitrogens with zero attached hydrogens (tertiary/aromatic N) is 6. The lowest BCUT2D eigenvalue weighted by Crippen LogP contribution is -2.43. The highest BCUT2D eigenvalue weighted by molar-refractivity contribution is 7.99. The van der Waals surface area contributed by atoms with Crippen molar-refractivity contribution in [1.29, 1.82) is 0 Å². The second kappa shape index (κ2) is 10.7. The van der Waals surface area contributed by atoms with E-state index < -0.39 is 10.8 Å². The Kier molecular flexibility index (Phi) is 7.45. The fourth-order valence-electron chi connectivity index (χ4n) is 3.62. The Hall–Kier alpha value is -3.42. The van der Waals surface area contributed by atoms with Crippen LogP contribution in [-0.4, -0.2) is 68.8 Å². The largest absolute Gasteiger partial charge is 0.379 e. The van der Waals surface area contributed by atoms with Gasteiger partial charge >= 0.3 is 0 Å². The molecule has 11 nitrogen and oxygen atoms in total. The quantitative estimate of drug-likeness (QED) is 0.376. The van der Waals surface area contributed by atoms with Gasteiger partial charge < -0.3 is 10.1 Å². The van der Waals surface area contributed by atoms with Crippen molar-refractivity contribution in [3.8, 4) is 0 Å². The predicted molar refractivity (Wildman–Crippen MR) is 120 cm³/mol. The van der Waals surface area contributed by atoms with E-state index in [9.17, 15) is 19.3 Å². The molecule has 3 aromatic rings. The van der Waals surface area contributed by atoms with Crippen molar-refractivity contribution in [2.24, 2.45) is 7.05 Å². The van der Waals surface area contributed by atoms with E-state index in [1.807, 2.05) is 0 Å². The average molecular weight is 488 g/mol. The summed E-state index contributed by atoms with van der Waals surface area (Å²) in [6, 6.07) is 10.2. The number of aryl methyl sites for hydroxylation is 1. The molecule has 1 fully saturated rings. The molecule has 1 aromatic heterocycles. The maximum atomic E-state index is 13.4. The number of nitro groups is 1. The van der Waals surface area contributed by atoms with E-state index in [1.165, 1.54) is 35.0 Å². The molecule has 0 unspecified atom stereocenters.